The van der Waals surface area contributed by atoms with Crippen LogP contribution in [0.5, 0.6) is 5.75 Å². The Bertz CT molecular complexity index is 418. The molecule has 21 heavy (non-hydrogen) atoms. The van der Waals surface area contributed by atoms with Crippen LogP contribution in [0.25, 0.3) is 0 Å². The third-order valence-corrected chi connectivity index (χ3v) is 4.29. The Morgan fingerprint density at radius 2 is 1.90 bits per heavy atom. The Morgan fingerprint density at radius 3 is 2.57 bits per heavy atom. The lowest BCUT2D eigenvalue weighted by molar-refractivity contribution is 0.297. The van der Waals surface area contributed by atoms with E-state index in [0.717, 1.165) is 36.3 Å². The number of ether oxygens (including phenoxy) is 1. The van der Waals surface area contributed by atoms with Crippen LogP contribution in [0.15, 0.2) is 22.7 Å². The molecule has 0 spiro atoms. The van der Waals surface area contributed by atoms with Crippen molar-refractivity contribution < 1.29 is 4.74 Å². The molecule has 0 aliphatic rings. The highest BCUT2D eigenvalue weighted by Gasteiger charge is 2.18. The largest absolute Gasteiger partial charge is 0.494 e. The normalized spacial score (nSPS) is 11.7. The first-order valence-electron chi connectivity index (χ1n) is 8.10. The van der Waals surface area contributed by atoms with Crippen LogP contribution in [0.3, 0.4) is 0 Å². The summed E-state index contributed by atoms with van der Waals surface area (Å²) in [7, 11) is 0. The maximum atomic E-state index is 5.74. The topological polar surface area (TPSA) is 21.3 Å². The van der Waals surface area contributed by atoms with Crippen molar-refractivity contribution in [1.29, 1.82) is 0 Å². The maximum absolute atomic E-state index is 5.74. The molecule has 0 amide bonds. The lowest BCUT2D eigenvalue weighted by atomic mass is 9.83. The molecule has 0 heterocycles. The summed E-state index contributed by atoms with van der Waals surface area (Å²) in [5.41, 5.74) is 1.66. The van der Waals surface area contributed by atoms with Gasteiger partial charge < -0.3 is 10.1 Å². The third kappa shape index (κ3) is 7.32. The van der Waals surface area contributed by atoms with Crippen molar-refractivity contribution in [2.45, 2.75) is 53.4 Å². The Balaban J connectivity index is 2.54. The van der Waals surface area contributed by atoms with Gasteiger partial charge in [0, 0.05) is 4.47 Å². The van der Waals surface area contributed by atoms with Gasteiger partial charge in [0.1, 0.15) is 5.75 Å². The summed E-state index contributed by atoms with van der Waals surface area (Å²) in [6.45, 7) is 11.9. The van der Waals surface area contributed by atoms with Gasteiger partial charge in [0.2, 0.25) is 0 Å². The highest BCUT2D eigenvalue weighted by molar-refractivity contribution is 9.10. The van der Waals surface area contributed by atoms with Crippen LogP contribution in [0.4, 0.5) is 0 Å². The second-order valence-corrected chi connectivity index (χ2v) is 7.26. The van der Waals surface area contributed by atoms with Crippen molar-refractivity contribution in [3.05, 3.63) is 28.2 Å². The number of hydrogen-bond donors (Lipinski definition) is 1. The highest BCUT2D eigenvalue weighted by Crippen LogP contribution is 2.30. The molecule has 0 saturated carbocycles. The van der Waals surface area contributed by atoms with Crippen LogP contribution in [0, 0.1) is 5.41 Å². The van der Waals surface area contributed by atoms with Gasteiger partial charge in [-0.25, -0.2) is 0 Å². The summed E-state index contributed by atoms with van der Waals surface area (Å²) >= 11 is 3.56. The van der Waals surface area contributed by atoms with Gasteiger partial charge in [-0.05, 0) is 74.9 Å². The molecule has 0 radical (unpaired) electrons. The van der Waals surface area contributed by atoms with Crippen LogP contribution in [0.2, 0.25) is 0 Å². The van der Waals surface area contributed by atoms with Gasteiger partial charge in [-0.3, -0.25) is 0 Å². The monoisotopic (exact) mass is 355 g/mol. The van der Waals surface area contributed by atoms with E-state index in [2.05, 4.69) is 54.2 Å². The fraction of sp³-hybridized carbons (Fsp3) is 0.667. The van der Waals surface area contributed by atoms with E-state index in [1.807, 2.05) is 13.0 Å². The molecule has 1 rings (SSSR count). The molecule has 0 aromatic heterocycles. The third-order valence-electron chi connectivity index (χ3n) is 3.80. The second-order valence-electron chi connectivity index (χ2n) is 6.35. The summed E-state index contributed by atoms with van der Waals surface area (Å²) in [5.74, 6) is 1.03. The SMILES string of the molecule is CCCNCCC(C)(C)CCc1cc(Br)ccc1OCC. The molecule has 120 valence electrons. The average molecular weight is 356 g/mol. The molecule has 1 aromatic rings. The van der Waals surface area contributed by atoms with Gasteiger partial charge in [-0.15, -0.1) is 0 Å². The van der Waals surface area contributed by atoms with Crippen molar-refractivity contribution >= 4 is 15.9 Å². The Labute approximate surface area is 138 Å². The minimum absolute atomic E-state index is 0.354. The molecular weight excluding hydrogens is 326 g/mol. The lowest BCUT2D eigenvalue weighted by Gasteiger charge is -2.25. The fourth-order valence-electron chi connectivity index (χ4n) is 2.37. The van der Waals surface area contributed by atoms with Gasteiger partial charge in [0.25, 0.3) is 0 Å². The minimum Gasteiger partial charge on any atom is -0.494 e. The van der Waals surface area contributed by atoms with Crippen molar-refractivity contribution in [3.8, 4) is 5.75 Å². The molecule has 0 saturated heterocycles. The predicted octanol–water partition coefficient (Wildman–Crippen LogP) is 5.20. The van der Waals surface area contributed by atoms with Crippen molar-refractivity contribution in [1.82, 2.24) is 5.32 Å². The van der Waals surface area contributed by atoms with Crippen LogP contribution >= 0.6 is 15.9 Å². The molecule has 0 atom stereocenters. The van der Waals surface area contributed by atoms with Gasteiger partial charge in [0.15, 0.2) is 0 Å². The first kappa shape index (κ1) is 18.5. The molecule has 1 aromatic carbocycles. The summed E-state index contributed by atoms with van der Waals surface area (Å²) in [4.78, 5) is 0. The molecule has 0 aliphatic carbocycles. The first-order valence-corrected chi connectivity index (χ1v) is 8.89. The van der Waals surface area contributed by atoms with E-state index in [4.69, 9.17) is 4.74 Å². The van der Waals surface area contributed by atoms with Crippen molar-refractivity contribution in [2.24, 2.45) is 5.41 Å². The van der Waals surface area contributed by atoms with Gasteiger partial charge in [0.05, 0.1) is 6.61 Å². The molecule has 2 nitrogen and oxygen atoms in total. The smallest absolute Gasteiger partial charge is 0.122 e. The van der Waals surface area contributed by atoms with Gasteiger partial charge >= 0.3 is 0 Å². The molecule has 1 N–H and O–H groups in total. The van der Waals surface area contributed by atoms with Crippen LogP contribution in [-0.4, -0.2) is 19.7 Å². The molecule has 0 fully saturated rings. The van der Waals surface area contributed by atoms with Gasteiger partial charge in [-0.1, -0.05) is 36.7 Å². The quantitative estimate of drug-likeness (QED) is 0.582. The van der Waals surface area contributed by atoms with E-state index in [0.29, 0.717) is 5.41 Å². The Kier molecular flexibility index (Phi) is 8.35. The second kappa shape index (κ2) is 9.47. The minimum atomic E-state index is 0.354. The number of aryl methyl sites for hydroxylation is 1. The number of halogens is 1. The number of rotatable bonds is 10. The zero-order valence-corrected chi connectivity index (χ0v) is 15.6. The zero-order chi connectivity index (χ0) is 15.7. The summed E-state index contributed by atoms with van der Waals surface area (Å²) in [6, 6.07) is 6.31. The maximum Gasteiger partial charge on any atom is 0.122 e. The van der Waals surface area contributed by atoms with Crippen LogP contribution in [0.1, 0.15) is 52.5 Å². The van der Waals surface area contributed by atoms with E-state index in [-0.39, 0.29) is 0 Å². The summed E-state index contributed by atoms with van der Waals surface area (Å²) in [5, 5.41) is 3.50. The standard InChI is InChI=1S/C18H30BrNO/c1-5-12-20-13-11-18(3,4)10-9-15-14-16(19)7-8-17(15)21-6-2/h7-8,14,20H,5-6,9-13H2,1-4H3. The van der Waals surface area contributed by atoms with Crippen molar-refractivity contribution in [3.63, 3.8) is 0 Å². The van der Waals surface area contributed by atoms with E-state index in [1.165, 1.54) is 24.8 Å². The predicted molar refractivity (Wildman–Crippen MR) is 95.2 cm³/mol. The number of nitrogens with one attached hydrogen (secondary N) is 1. The summed E-state index contributed by atoms with van der Waals surface area (Å²) < 4.78 is 6.87. The van der Waals surface area contributed by atoms with E-state index < -0.39 is 0 Å². The first-order chi connectivity index (χ1) is 9.98. The number of benzene rings is 1. The van der Waals surface area contributed by atoms with E-state index in [9.17, 15) is 0 Å². The Morgan fingerprint density at radius 1 is 1.14 bits per heavy atom. The molecule has 0 aliphatic heterocycles. The lowest BCUT2D eigenvalue weighted by Crippen LogP contribution is -2.23. The molecule has 0 bridgehead atoms. The summed E-state index contributed by atoms with van der Waals surface area (Å²) in [6.07, 6.45) is 4.66. The van der Waals surface area contributed by atoms with E-state index >= 15 is 0 Å². The number of hydrogen-bond acceptors (Lipinski definition) is 2. The van der Waals surface area contributed by atoms with Gasteiger partial charge in [-0.2, -0.15) is 0 Å². The van der Waals surface area contributed by atoms with Crippen LogP contribution in [-0.2, 0) is 6.42 Å². The molecule has 3 heteroatoms. The van der Waals surface area contributed by atoms with Crippen molar-refractivity contribution in [2.75, 3.05) is 19.7 Å². The fourth-order valence-corrected chi connectivity index (χ4v) is 2.77. The Hall–Kier alpha value is -0.540. The highest BCUT2D eigenvalue weighted by atomic mass is 79.9. The molecule has 0 unspecified atom stereocenters. The van der Waals surface area contributed by atoms with E-state index in [1.54, 1.807) is 0 Å². The average Bonchev–Trinajstić information content (AvgIpc) is 2.44. The molecular formula is C18H30BrNO. The van der Waals surface area contributed by atoms with Crippen LogP contribution < -0.4 is 10.1 Å². The zero-order valence-electron chi connectivity index (χ0n) is 14.0.